The van der Waals surface area contributed by atoms with Gasteiger partial charge in [0.25, 0.3) is 5.91 Å². The van der Waals surface area contributed by atoms with E-state index in [0.29, 0.717) is 10.7 Å². The third kappa shape index (κ3) is 2.68. The van der Waals surface area contributed by atoms with Crippen molar-refractivity contribution < 1.29 is 14.4 Å². The lowest BCUT2D eigenvalue weighted by Gasteiger charge is -2.28. The van der Waals surface area contributed by atoms with Crippen LogP contribution in [0, 0.1) is 5.92 Å². The van der Waals surface area contributed by atoms with E-state index < -0.39 is 12.0 Å². The number of carbonyl (C=O) groups excluding carboxylic acids is 2. The Morgan fingerprint density at radius 1 is 1.00 bits per heavy atom. The molecule has 6 heteroatoms. The van der Waals surface area contributed by atoms with Crippen LogP contribution in [0.4, 0.5) is 11.4 Å². The number of hydrogen-bond acceptors (Lipinski definition) is 4. The highest BCUT2D eigenvalue weighted by Crippen LogP contribution is 2.41. The van der Waals surface area contributed by atoms with Crippen molar-refractivity contribution in [2.45, 2.75) is 31.9 Å². The van der Waals surface area contributed by atoms with Gasteiger partial charge in [0.2, 0.25) is 5.91 Å². The molecule has 2 fully saturated rings. The third-order valence-corrected chi connectivity index (χ3v) is 5.13. The van der Waals surface area contributed by atoms with Gasteiger partial charge in [0, 0.05) is 5.02 Å². The van der Waals surface area contributed by atoms with Crippen molar-refractivity contribution >= 4 is 34.8 Å². The highest BCUT2D eigenvalue weighted by molar-refractivity contribution is 6.31. The minimum atomic E-state index is -0.793. The predicted molar refractivity (Wildman–Crippen MR) is 99.9 cm³/mol. The summed E-state index contributed by atoms with van der Waals surface area (Å²) in [4.78, 5) is 33.3. The Hall–Kier alpha value is -2.37. The summed E-state index contributed by atoms with van der Waals surface area (Å²) in [5, 5.41) is 2.22. The van der Waals surface area contributed by atoms with Crippen LogP contribution in [0.1, 0.15) is 19.8 Å². The van der Waals surface area contributed by atoms with E-state index in [0.717, 1.165) is 18.5 Å². The summed E-state index contributed by atoms with van der Waals surface area (Å²) >= 11 is 6.03. The summed E-state index contributed by atoms with van der Waals surface area (Å²) < 4.78 is 0. The van der Waals surface area contributed by atoms with Gasteiger partial charge in [-0.2, -0.15) is 0 Å². The normalized spacial score (nSPS) is 25.1. The molecule has 2 aliphatic rings. The summed E-state index contributed by atoms with van der Waals surface area (Å²) in [6, 6.07) is 16.2. The van der Waals surface area contributed by atoms with Gasteiger partial charge in [-0.15, -0.1) is 0 Å². The van der Waals surface area contributed by atoms with Gasteiger partial charge < -0.3 is 0 Å². The zero-order valence-corrected chi connectivity index (χ0v) is 15.1. The van der Waals surface area contributed by atoms with Gasteiger partial charge in [-0.25, -0.2) is 9.96 Å². The molecule has 5 nitrogen and oxygen atoms in total. The van der Waals surface area contributed by atoms with Crippen molar-refractivity contribution in [3.05, 3.63) is 59.6 Å². The number of nitrogens with zero attached hydrogens (tertiary/aromatic N) is 2. The number of rotatable bonds is 4. The number of para-hydroxylation sites is 1. The molecule has 0 aliphatic carbocycles. The van der Waals surface area contributed by atoms with E-state index in [9.17, 15) is 9.59 Å². The molecular formula is C20H19ClN2O3. The maximum absolute atomic E-state index is 13.1. The average molecular weight is 371 g/mol. The number of carbonyl (C=O) groups is 2. The number of benzene rings is 2. The topological polar surface area (TPSA) is 49.9 Å². The maximum atomic E-state index is 13.1. The molecule has 0 bridgehead atoms. The first-order valence-corrected chi connectivity index (χ1v) is 9.14. The van der Waals surface area contributed by atoms with Crippen molar-refractivity contribution in [2.75, 3.05) is 9.96 Å². The molecule has 0 spiro atoms. The van der Waals surface area contributed by atoms with Crippen LogP contribution in [-0.4, -0.2) is 24.0 Å². The largest absolute Gasteiger partial charge is 0.273 e. The summed E-state index contributed by atoms with van der Waals surface area (Å²) in [6.45, 7) is 2.06. The Morgan fingerprint density at radius 2 is 1.73 bits per heavy atom. The monoisotopic (exact) mass is 370 g/mol. The fourth-order valence-electron chi connectivity index (χ4n) is 3.78. The standard InChI is InChI=1S/C20H19ClN2O3/c1-2-7-16-17-18(26-23(16)14-9-4-3-5-10-14)20(25)22(19(17)24)15-11-6-8-13(21)12-15/h3-6,8-12,16-18H,2,7H2,1H3/t16-,17-,18-/m0/s1. The first-order valence-electron chi connectivity index (χ1n) is 8.76. The Labute approximate surface area is 157 Å². The summed E-state index contributed by atoms with van der Waals surface area (Å²) in [5.41, 5.74) is 1.35. The second-order valence-electron chi connectivity index (χ2n) is 6.56. The SMILES string of the molecule is CCC[C@H]1[C@@H]2C(=O)N(c3cccc(Cl)c3)C(=O)[C@H]2ON1c1ccccc1. The van der Waals surface area contributed by atoms with Crippen molar-refractivity contribution in [1.29, 1.82) is 0 Å². The second-order valence-corrected chi connectivity index (χ2v) is 7.00. The number of anilines is 2. The number of amides is 2. The molecule has 0 aromatic heterocycles. The Balaban J connectivity index is 1.69. The van der Waals surface area contributed by atoms with Crippen molar-refractivity contribution in [1.82, 2.24) is 0 Å². The molecule has 2 amide bonds. The molecule has 0 saturated carbocycles. The van der Waals surface area contributed by atoms with Crippen LogP contribution in [0.25, 0.3) is 0 Å². The Morgan fingerprint density at radius 3 is 2.42 bits per heavy atom. The second kappa shape index (κ2) is 6.74. The van der Waals surface area contributed by atoms with Crippen LogP contribution in [0.5, 0.6) is 0 Å². The number of halogens is 1. The smallest absolute Gasteiger partial charge is 0.266 e. The lowest BCUT2D eigenvalue weighted by Crippen LogP contribution is -2.40. The van der Waals surface area contributed by atoms with E-state index in [1.807, 2.05) is 30.3 Å². The van der Waals surface area contributed by atoms with Gasteiger partial charge >= 0.3 is 0 Å². The summed E-state index contributed by atoms with van der Waals surface area (Å²) in [7, 11) is 0. The van der Waals surface area contributed by atoms with Gasteiger partial charge in [0.15, 0.2) is 6.10 Å². The van der Waals surface area contributed by atoms with Gasteiger partial charge in [0.05, 0.1) is 23.3 Å². The van der Waals surface area contributed by atoms with Crippen LogP contribution < -0.4 is 9.96 Å². The van der Waals surface area contributed by atoms with Crippen molar-refractivity contribution in [2.24, 2.45) is 5.92 Å². The zero-order valence-electron chi connectivity index (χ0n) is 14.3. The molecule has 2 aromatic rings. The van der Waals surface area contributed by atoms with E-state index in [4.69, 9.17) is 16.4 Å². The Kier molecular flexibility index (Phi) is 4.42. The van der Waals surface area contributed by atoms with Crippen LogP contribution in [-0.2, 0) is 14.4 Å². The van der Waals surface area contributed by atoms with Gasteiger partial charge in [-0.05, 0) is 36.8 Å². The van der Waals surface area contributed by atoms with E-state index in [1.54, 1.807) is 29.3 Å². The fourth-order valence-corrected chi connectivity index (χ4v) is 3.97. The first-order chi connectivity index (χ1) is 12.6. The lowest BCUT2D eigenvalue weighted by molar-refractivity contribution is -0.126. The molecule has 3 atom stereocenters. The average Bonchev–Trinajstić information content (AvgIpc) is 3.13. The molecule has 0 radical (unpaired) electrons. The summed E-state index contributed by atoms with van der Waals surface area (Å²) in [5.74, 6) is -1.07. The predicted octanol–water partition coefficient (Wildman–Crippen LogP) is 3.82. The van der Waals surface area contributed by atoms with E-state index in [-0.39, 0.29) is 17.9 Å². The number of hydrogen-bond donors (Lipinski definition) is 0. The molecule has 2 aromatic carbocycles. The highest BCUT2D eigenvalue weighted by Gasteiger charge is 2.59. The Bertz CT molecular complexity index is 842. The molecule has 0 unspecified atom stereocenters. The molecule has 26 heavy (non-hydrogen) atoms. The minimum Gasteiger partial charge on any atom is -0.273 e. The van der Waals surface area contributed by atoms with Gasteiger partial charge in [-0.3, -0.25) is 14.4 Å². The van der Waals surface area contributed by atoms with Gasteiger partial charge in [-0.1, -0.05) is 49.2 Å². The molecule has 4 rings (SSSR count). The maximum Gasteiger partial charge on any atom is 0.266 e. The van der Waals surface area contributed by atoms with E-state index >= 15 is 0 Å². The number of fused-ring (bicyclic) bond motifs is 1. The minimum absolute atomic E-state index is 0.173. The number of imide groups is 1. The van der Waals surface area contributed by atoms with Crippen molar-refractivity contribution in [3.8, 4) is 0 Å². The molecule has 2 saturated heterocycles. The molecule has 2 aliphatic heterocycles. The van der Waals surface area contributed by atoms with E-state index in [1.165, 1.54) is 4.90 Å². The third-order valence-electron chi connectivity index (χ3n) is 4.90. The van der Waals surface area contributed by atoms with Crippen LogP contribution in [0.2, 0.25) is 5.02 Å². The van der Waals surface area contributed by atoms with Crippen molar-refractivity contribution in [3.63, 3.8) is 0 Å². The van der Waals surface area contributed by atoms with Crippen LogP contribution >= 0.6 is 11.6 Å². The van der Waals surface area contributed by atoms with E-state index in [2.05, 4.69) is 6.92 Å². The van der Waals surface area contributed by atoms with Crippen LogP contribution in [0.3, 0.4) is 0 Å². The van der Waals surface area contributed by atoms with Crippen LogP contribution in [0.15, 0.2) is 54.6 Å². The molecule has 0 N–H and O–H groups in total. The number of hydroxylamine groups is 1. The highest BCUT2D eigenvalue weighted by atomic mass is 35.5. The molecule has 2 heterocycles. The summed E-state index contributed by atoms with van der Waals surface area (Å²) in [6.07, 6.45) is 0.857. The fraction of sp³-hybridized carbons (Fsp3) is 0.300. The lowest BCUT2D eigenvalue weighted by atomic mass is 9.93. The zero-order chi connectivity index (χ0) is 18.3. The molecule has 134 valence electrons. The quantitative estimate of drug-likeness (QED) is 0.768. The van der Waals surface area contributed by atoms with Gasteiger partial charge in [0.1, 0.15) is 0 Å². The molecular weight excluding hydrogens is 352 g/mol. The first kappa shape index (κ1) is 17.1.